The van der Waals surface area contributed by atoms with Crippen LogP contribution in [0.3, 0.4) is 0 Å². The number of rotatable bonds is 4. The van der Waals surface area contributed by atoms with E-state index in [0.29, 0.717) is 6.54 Å². The third kappa shape index (κ3) is 1.30. The predicted molar refractivity (Wildman–Crippen MR) is 42.0 cm³/mol. The second kappa shape index (κ2) is 2.57. The maximum absolute atomic E-state index is 10.2. The zero-order valence-electron chi connectivity index (χ0n) is 6.84. The highest BCUT2D eigenvalue weighted by Gasteiger charge is 2.54. The van der Waals surface area contributed by atoms with Crippen LogP contribution in [0.5, 0.6) is 0 Å². The van der Waals surface area contributed by atoms with Crippen molar-refractivity contribution in [3.63, 3.8) is 0 Å². The van der Waals surface area contributed by atoms with Crippen molar-refractivity contribution >= 4 is 6.29 Å². The highest BCUT2D eigenvalue weighted by atomic mass is 16.3. The van der Waals surface area contributed by atoms with Gasteiger partial charge in [0.2, 0.25) is 0 Å². The first-order valence-electron chi connectivity index (χ1n) is 3.94. The molecule has 1 aliphatic carbocycles. The van der Waals surface area contributed by atoms with E-state index in [9.17, 15) is 9.90 Å². The maximum Gasteiger partial charge on any atom is 0.122 e. The number of aldehydes is 1. The quantitative estimate of drug-likeness (QED) is 0.567. The van der Waals surface area contributed by atoms with Crippen LogP contribution in [0, 0.1) is 5.41 Å². The van der Waals surface area contributed by atoms with Gasteiger partial charge in [0.25, 0.3) is 0 Å². The average Bonchev–Trinajstić information content (AvgIpc) is 2.66. The Kier molecular flexibility index (Phi) is 2.03. The standard InChI is InChI=1S/C8H15NO2/c1-7(11,4-5-10)8(6-9)2-3-8/h5,11H,2-4,6,9H2,1H3. The van der Waals surface area contributed by atoms with Gasteiger partial charge in [-0.2, -0.15) is 0 Å². The van der Waals surface area contributed by atoms with Gasteiger partial charge in [0.1, 0.15) is 6.29 Å². The first kappa shape index (κ1) is 8.68. The van der Waals surface area contributed by atoms with Gasteiger partial charge in [-0.3, -0.25) is 0 Å². The van der Waals surface area contributed by atoms with Gasteiger partial charge in [-0.25, -0.2) is 0 Å². The number of hydrogen-bond donors (Lipinski definition) is 2. The molecule has 0 spiro atoms. The number of aliphatic hydroxyl groups is 1. The highest BCUT2D eigenvalue weighted by Crippen LogP contribution is 2.54. The molecule has 0 radical (unpaired) electrons. The van der Waals surface area contributed by atoms with E-state index in [4.69, 9.17) is 5.73 Å². The first-order valence-corrected chi connectivity index (χ1v) is 3.94. The lowest BCUT2D eigenvalue weighted by molar-refractivity contribution is -0.114. The van der Waals surface area contributed by atoms with Crippen LogP contribution in [-0.2, 0) is 4.79 Å². The molecule has 1 aliphatic rings. The first-order chi connectivity index (χ1) is 5.08. The van der Waals surface area contributed by atoms with E-state index in [1.807, 2.05) is 0 Å². The second-order valence-corrected chi connectivity index (χ2v) is 3.63. The summed E-state index contributed by atoms with van der Waals surface area (Å²) in [5, 5.41) is 9.79. The molecule has 0 aromatic carbocycles. The van der Waals surface area contributed by atoms with Crippen LogP contribution in [0.2, 0.25) is 0 Å². The molecule has 1 saturated carbocycles. The largest absolute Gasteiger partial charge is 0.389 e. The van der Waals surface area contributed by atoms with E-state index in [1.54, 1.807) is 6.92 Å². The number of hydrogen-bond acceptors (Lipinski definition) is 3. The molecule has 1 fully saturated rings. The Morgan fingerprint density at radius 3 is 2.55 bits per heavy atom. The molecule has 0 aliphatic heterocycles. The lowest BCUT2D eigenvalue weighted by atomic mass is 9.83. The molecule has 1 unspecified atom stereocenters. The molecule has 0 aromatic rings. The monoisotopic (exact) mass is 157 g/mol. The summed E-state index contributed by atoms with van der Waals surface area (Å²) in [4.78, 5) is 10.2. The van der Waals surface area contributed by atoms with E-state index >= 15 is 0 Å². The van der Waals surface area contributed by atoms with Crippen LogP contribution >= 0.6 is 0 Å². The molecule has 1 atom stereocenters. The molecular formula is C8H15NO2. The minimum absolute atomic E-state index is 0.159. The molecule has 0 aromatic heterocycles. The summed E-state index contributed by atoms with van der Waals surface area (Å²) in [7, 11) is 0. The summed E-state index contributed by atoms with van der Waals surface area (Å²) in [6, 6.07) is 0. The summed E-state index contributed by atoms with van der Waals surface area (Å²) in [6.45, 7) is 2.18. The van der Waals surface area contributed by atoms with Crippen LogP contribution in [-0.4, -0.2) is 23.5 Å². The van der Waals surface area contributed by atoms with Gasteiger partial charge in [-0.05, 0) is 19.8 Å². The number of carbonyl (C=O) groups is 1. The van der Waals surface area contributed by atoms with Gasteiger partial charge >= 0.3 is 0 Å². The third-order valence-electron chi connectivity index (χ3n) is 2.87. The predicted octanol–water partition coefficient (Wildman–Crippen LogP) is 0.0653. The van der Waals surface area contributed by atoms with Crippen molar-refractivity contribution in [1.29, 1.82) is 0 Å². The summed E-state index contributed by atoms with van der Waals surface area (Å²) in [6.07, 6.45) is 2.86. The van der Waals surface area contributed by atoms with E-state index in [2.05, 4.69) is 0 Å². The molecule has 0 heterocycles. The molecule has 0 bridgehead atoms. The lowest BCUT2D eigenvalue weighted by Gasteiger charge is -2.30. The zero-order valence-corrected chi connectivity index (χ0v) is 6.84. The smallest absolute Gasteiger partial charge is 0.122 e. The van der Waals surface area contributed by atoms with Crippen LogP contribution in [0.4, 0.5) is 0 Å². The lowest BCUT2D eigenvalue weighted by Crippen LogP contribution is -2.41. The Labute approximate surface area is 66.6 Å². The van der Waals surface area contributed by atoms with Crippen molar-refractivity contribution in [2.45, 2.75) is 31.8 Å². The average molecular weight is 157 g/mol. The summed E-state index contributed by atoms with van der Waals surface area (Å²) < 4.78 is 0. The van der Waals surface area contributed by atoms with Crippen LogP contribution in [0.25, 0.3) is 0 Å². The number of carbonyl (C=O) groups excluding carboxylic acids is 1. The van der Waals surface area contributed by atoms with Crippen molar-refractivity contribution in [2.75, 3.05) is 6.54 Å². The van der Waals surface area contributed by atoms with E-state index < -0.39 is 5.60 Å². The minimum atomic E-state index is -0.885. The summed E-state index contributed by atoms with van der Waals surface area (Å²) >= 11 is 0. The fraction of sp³-hybridized carbons (Fsp3) is 0.875. The van der Waals surface area contributed by atoms with E-state index in [1.165, 1.54) is 0 Å². The molecule has 1 rings (SSSR count). The zero-order chi connectivity index (χ0) is 8.54. The van der Waals surface area contributed by atoms with Crippen LogP contribution < -0.4 is 5.73 Å². The van der Waals surface area contributed by atoms with Crippen molar-refractivity contribution in [3.8, 4) is 0 Å². The Balaban J connectivity index is 2.62. The molecule has 64 valence electrons. The van der Waals surface area contributed by atoms with Crippen LogP contribution in [0.15, 0.2) is 0 Å². The molecule has 3 heteroatoms. The third-order valence-corrected chi connectivity index (χ3v) is 2.87. The van der Waals surface area contributed by atoms with Crippen molar-refractivity contribution in [1.82, 2.24) is 0 Å². The van der Waals surface area contributed by atoms with Gasteiger partial charge in [-0.1, -0.05) is 0 Å². The fourth-order valence-corrected chi connectivity index (χ4v) is 1.49. The van der Waals surface area contributed by atoms with E-state index in [0.717, 1.165) is 19.1 Å². The fourth-order valence-electron chi connectivity index (χ4n) is 1.49. The molecule has 0 amide bonds. The summed E-state index contributed by atoms with van der Waals surface area (Å²) in [5.74, 6) is 0. The Morgan fingerprint density at radius 2 is 2.27 bits per heavy atom. The van der Waals surface area contributed by atoms with Gasteiger partial charge in [0, 0.05) is 18.4 Å². The normalized spacial score (nSPS) is 25.7. The maximum atomic E-state index is 10.2. The SMILES string of the molecule is CC(O)(CC=O)C1(CN)CC1. The van der Waals surface area contributed by atoms with Gasteiger partial charge in [0.15, 0.2) is 0 Å². The van der Waals surface area contributed by atoms with E-state index in [-0.39, 0.29) is 11.8 Å². The molecule has 11 heavy (non-hydrogen) atoms. The minimum Gasteiger partial charge on any atom is -0.389 e. The molecular weight excluding hydrogens is 142 g/mol. The summed E-state index contributed by atoms with van der Waals surface area (Å²) in [5.41, 5.74) is 4.47. The number of nitrogens with two attached hydrogens (primary N) is 1. The topological polar surface area (TPSA) is 63.3 Å². The van der Waals surface area contributed by atoms with Gasteiger partial charge < -0.3 is 15.6 Å². The Hall–Kier alpha value is -0.410. The Bertz CT molecular complexity index is 161. The van der Waals surface area contributed by atoms with Crippen LogP contribution in [0.1, 0.15) is 26.2 Å². The molecule has 3 nitrogen and oxygen atoms in total. The Morgan fingerprint density at radius 1 is 1.73 bits per heavy atom. The van der Waals surface area contributed by atoms with Crippen molar-refractivity contribution < 1.29 is 9.90 Å². The van der Waals surface area contributed by atoms with Crippen molar-refractivity contribution in [3.05, 3.63) is 0 Å². The van der Waals surface area contributed by atoms with Gasteiger partial charge in [-0.15, -0.1) is 0 Å². The van der Waals surface area contributed by atoms with Gasteiger partial charge in [0.05, 0.1) is 5.60 Å². The highest BCUT2D eigenvalue weighted by molar-refractivity contribution is 5.52. The molecule has 0 saturated heterocycles. The second-order valence-electron chi connectivity index (χ2n) is 3.63. The van der Waals surface area contributed by atoms with Crippen molar-refractivity contribution in [2.24, 2.45) is 11.1 Å². The molecule has 3 N–H and O–H groups in total.